The van der Waals surface area contributed by atoms with Crippen LogP contribution in [0.2, 0.25) is 0 Å². The molecule has 4 heteroatoms. The summed E-state index contributed by atoms with van der Waals surface area (Å²) in [4.78, 5) is 4.75. The van der Waals surface area contributed by atoms with Gasteiger partial charge < -0.3 is 14.8 Å². The highest BCUT2D eigenvalue weighted by molar-refractivity contribution is 5.83. The second kappa shape index (κ2) is 11.4. The standard InChI is InChI=1S/C36H36N2O2/c1-4-39-35-21-27(13-19-34(35)40-23-26-11-8-24(2)9-12-26)22-37-29-16-14-28(15-17-29)36-31-7-5-6-30(31)32-20-25(3)10-18-33(32)38-36/h5-6,8-22,30-31,36,38H,4,7,23H2,1-3H3/t30-,31+,36+/m1/s1. The molecule has 1 aliphatic carbocycles. The molecule has 1 heterocycles. The molecule has 0 saturated carbocycles. The summed E-state index contributed by atoms with van der Waals surface area (Å²) >= 11 is 0. The van der Waals surface area contributed by atoms with E-state index < -0.39 is 0 Å². The first-order valence-electron chi connectivity index (χ1n) is 14.2. The zero-order valence-corrected chi connectivity index (χ0v) is 23.4. The molecule has 0 amide bonds. The maximum atomic E-state index is 6.08. The van der Waals surface area contributed by atoms with Crippen molar-refractivity contribution in [2.75, 3.05) is 11.9 Å². The molecule has 6 rings (SSSR count). The molecular weight excluding hydrogens is 492 g/mol. The van der Waals surface area contributed by atoms with E-state index in [1.165, 1.54) is 27.9 Å². The van der Waals surface area contributed by atoms with Gasteiger partial charge in [0.2, 0.25) is 0 Å². The van der Waals surface area contributed by atoms with Gasteiger partial charge in [0.15, 0.2) is 11.5 Å². The number of nitrogens with one attached hydrogen (secondary N) is 1. The van der Waals surface area contributed by atoms with Crippen LogP contribution in [0.1, 0.15) is 58.7 Å². The zero-order chi connectivity index (χ0) is 27.5. The van der Waals surface area contributed by atoms with Crippen LogP contribution in [-0.4, -0.2) is 12.8 Å². The Hall–Kier alpha value is -4.31. The third-order valence-corrected chi connectivity index (χ3v) is 7.92. The summed E-state index contributed by atoms with van der Waals surface area (Å²) in [6, 6.07) is 30.0. The number of hydrogen-bond acceptors (Lipinski definition) is 4. The molecule has 4 aromatic carbocycles. The number of hydrogen-bond donors (Lipinski definition) is 1. The van der Waals surface area contributed by atoms with E-state index in [0.29, 0.717) is 25.0 Å². The molecule has 3 atom stereocenters. The second-order valence-electron chi connectivity index (χ2n) is 10.8. The number of aryl methyl sites for hydroxylation is 2. The third kappa shape index (κ3) is 5.53. The van der Waals surface area contributed by atoms with Crippen molar-refractivity contribution in [1.29, 1.82) is 0 Å². The molecule has 4 aromatic rings. The highest BCUT2D eigenvalue weighted by atomic mass is 16.5. The van der Waals surface area contributed by atoms with Gasteiger partial charge in [0, 0.05) is 17.8 Å². The first-order chi connectivity index (χ1) is 19.6. The molecule has 202 valence electrons. The fourth-order valence-corrected chi connectivity index (χ4v) is 5.80. The Morgan fingerprint density at radius 2 is 1.65 bits per heavy atom. The van der Waals surface area contributed by atoms with E-state index in [-0.39, 0.29) is 6.04 Å². The number of fused-ring (bicyclic) bond motifs is 3. The van der Waals surface area contributed by atoms with Crippen molar-refractivity contribution in [2.24, 2.45) is 10.9 Å². The van der Waals surface area contributed by atoms with Crippen LogP contribution >= 0.6 is 0 Å². The van der Waals surface area contributed by atoms with Crippen molar-refractivity contribution in [3.63, 3.8) is 0 Å². The van der Waals surface area contributed by atoms with Crippen LogP contribution in [0.25, 0.3) is 0 Å². The Bertz CT molecular complexity index is 1540. The van der Waals surface area contributed by atoms with Crippen LogP contribution in [0.4, 0.5) is 11.4 Å². The first-order valence-corrected chi connectivity index (χ1v) is 14.2. The third-order valence-electron chi connectivity index (χ3n) is 7.92. The van der Waals surface area contributed by atoms with Crippen LogP contribution in [0.5, 0.6) is 11.5 Å². The van der Waals surface area contributed by atoms with Gasteiger partial charge in [-0.25, -0.2) is 0 Å². The quantitative estimate of drug-likeness (QED) is 0.183. The lowest BCUT2D eigenvalue weighted by Gasteiger charge is -2.37. The van der Waals surface area contributed by atoms with E-state index in [9.17, 15) is 0 Å². The monoisotopic (exact) mass is 528 g/mol. The van der Waals surface area contributed by atoms with E-state index in [4.69, 9.17) is 14.5 Å². The Balaban J connectivity index is 1.15. The molecule has 0 unspecified atom stereocenters. The predicted molar refractivity (Wildman–Crippen MR) is 164 cm³/mol. The molecule has 1 N–H and O–H groups in total. The van der Waals surface area contributed by atoms with Gasteiger partial charge in [-0.2, -0.15) is 0 Å². The predicted octanol–water partition coefficient (Wildman–Crippen LogP) is 8.86. The minimum atomic E-state index is 0.287. The minimum Gasteiger partial charge on any atom is -0.490 e. The van der Waals surface area contributed by atoms with Gasteiger partial charge in [0.1, 0.15) is 6.61 Å². The maximum Gasteiger partial charge on any atom is 0.161 e. The minimum absolute atomic E-state index is 0.287. The smallest absolute Gasteiger partial charge is 0.161 e. The average Bonchev–Trinajstić information content (AvgIpc) is 3.47. The van der Waals surface area contributed by atoms with E-state index in [1.807, 2.05) is 31.3 Å². The van der Waals surface area contributed by atoms with Gasteiger partial charge in [-0.05, 0) is 91.8 Å². The van der Waals surface area contributed by atoms with E-state index in [2.05, 4.69) is 98.0 Å². The number of allylic oxidation sites excluding steroid dienone is 2. The lowest BCUT2D eigenvalue weighted by atomic mass is 9.76. The lowest BCUT2D eigenvalue weighted by Crippen LogP contribution is -2.29. The number of anilines is 1. The van der Waals surface area contributed by atoms with E-state index in [1.54, 1.807) is 0 Å². The molecule has 40 heavy (non-hydrogen) atoms. The largest absolute Gasteiger partial charge is 0.490 e. The topological polar surface area (TPSA) is 42.8 Å². The first kappa shape index (κ1) is 25.9. The van der Waals surface area contributed by atoms with Crippen molar-refractivity contribution in [1.82, 2.24) is 0 Å². The Kier molecular flexibility index (Phi) is 7.41. The number of aliphatic imine (C=N–C) groups is 1. The van der Waals surface area contributed by atoms with Crippen LogP contribution in [0, 0.1) is 19.8 Å². The SMILES string of the molecule is CCOc1cc(C=Nc2ccc([C@@H]3Nc4ccc(C)cc4[C@@H]4C=CC[C@@H]43)cc2)ccc1OCc1ccc(C)cc1. The van der Waals surface area contributed by atoms with Crippen LogP contribution in [-0.2, 0) is 6.61 Å². The molecule has 0 aromatic heterocycles. The van der Waals surface area contributed by atoms with Crippen molar-refractivity contribution < 1.29 is 9.47 Å². The molecule has 0 spiro atoms. The summed E-state index contributed by atoms with van der Waals surface area (Å²) in [6.45, 7) is 7.31. The van der Waals surface area contributed by atoms with Gasteiger partial charge in [-0.1, -0.05) is 71.8 Å². The number of nitrogens with zero attached hydrogens (tertiary/aromatic N) is 1. The summed E-state index contributed by atoms with van der Waals surface area (Å²) in [5.74, 6) is 2.47. The summed E-state index contributed by atoms with van der Waals surface area (Å²) in [6.07, 6.45) is 7.72. The molecule has 1 aliphatic heterocycles. The number of ether oxygens (including phenoxy) is 2. The van der Waals surface area contributed by atoms with Gasteiger partial charge >= 0.3 is 0 Å². The maximum absolute atomic E-state index is 6.08. The van der Waals surface area contributed by atoms with Gasteiger partial charge in [-0.15, -0.1) is 0 Å². The number of rotatable bonds is 8. The normalized spacial score (nSPS) is 19.2. The zero-order valence-electron chi connectivity index (χ0n) is 23.4. The summed E-state index contributed by atoms with van der Waals surface area (Å²) < 4.78 is 12.0. The highest BCUT2D eigenvalue weighted by Gasteiger charge is 2.37. The summed E-state index contributed by atoms with van der Waals surface area (Å²) in [5, 5.41) is 3.83. The second-order valence-corrected chi connectivity index (χ2v) is 10.8. The Morgan fingerprint density at radius 3 is 2.45 bits per heavy atom. The fraction of sp³-hybridized carbons (Fsp3) is 0.250. The molecule has 2 aliphatic rings. The van der Waals surface area contributed by atoms with Gasteiger partial charge in [0.05, 0.1) is 18.3 Å². The Morgan fingerprint density at radius 1 is 0.850 bits per heavy atom. The van der Waals surface area contributed by atoms with Crippen molar-refractivity contribution in [3.8, 4) is 11.5 Å². The van der Waals surface area contributed by atoms with Gasteiger partial charge in [-0.3, -0.25) is 4.99 Å². The average molecular weight is 529 g/mol. The molecule has 0 saturated heterocycles. The molecule has 0 fully saturated rings. The lowest BCUT2D eigenvalue weighted by molar-refractivity contribution is 0.269. The van der Waals surface area contributed by atoms with Gasteiger partial charge in [0.25, 0.3) is 0 Å². The summed E-state index contributed by atoms with van der Waals surface area (Å²) in [5.41, 5.74) is 9.56. The molecule has 4 nitrogen and oxygen atoms in total. The van der Waals surface area contributed by atoms with E-state index >= 15 is 0 Å². The van der Waals surface area contributed by atoms with Crippen molar-refractivity contribution >= 4 is 17.6 Å². The summed E-state index contributed by atoms with van der Waals surface area (Å²) in [7, 11) is 0. The van der Waals surface area contributed by atoms with Crippen molar-refractivity contribution in [2.45, 2.75) is 45.8 Å². The number of benzene rings is 4. The van der Waals surface area contributed by atoms with Crippen molar-refractivity contribution in [3.05, 3.63) is 130 Å². The van der Waals surface area contributed by atoms with Crippen LogP contribution < -0.4 is 14.8 Å². The molecule has 0 radical (unpaired) electrons. The Labute approximate surface area is 237 Å². The fourth-order valence-electron chi connectivity index (χ4n) is 5.80. The van der Waals surface area contributed by atoms with E-state index in [0.717, 1.165) is 34.7 Å². The molecule has 0 bridgehead atoms. The highest BCUT2D eigenvalue weighted by Crippen LogP contribution is 2.50. The molecular formula is C36H36N2O2. The van der Waals surface area contributed by atoms with Crippen LogP contribution in [0.3, 0.4) is 0 Å². The van der Waals surface area contributed by atoms with Crippen LogP contribution in [0.15, 0.2) is 102 Å².